The second-order valence-electron chi connectivity index (χ2n) is 4.29. The van der Waals surface area contributed by atoms with Gasteiger partial charge in [-0.2, -0.15) is 0 Å². The lowest BCUT2D eigenvalue weighted by molar-refractivity contribution is -0.142. The van der Waals surface area contributed by atoms with Gasteiger partial charge in [-0.15, -0.1) is 0 Å². The summed E-state index contributed by atoms with van der Waals surface area (Å²) in [5, 5.41) is 0. The predicted octanol–water partition coefficient (Wildman–Crippen LogP) is 0.169. The van der Waals surface area contributed by atoms with E-state index < -0.39 is 0 Å². The molecule has 2 heterocycles. The van der Waals surface area contributed by atoms with Crippen LogP contribution in [0.3, 0.4) is 0 Å². The first kappa shape index (κ1) is 9.33. The van der Waals surface area contributed by atoms with Crippen LogP contribution in [0.5, 0.6) is 0 Å². The van der Waals surface area contributed by atoms with Crippen molar-refractivity contribution in [3.05, 3.63) is 24.0 Å². The molecule has 3 rings (SSSR count). The number of pyridine rings is 1. The highest BCUT2D eigenvalue weighted by Gasteiger charge is 2.58. The van der Waals surface area contributed by atoms with Crippen molar-refractivity contribution in [3.63, 3.8) is 0 Å². The molecule has 16 heavy (non-hydrogen) atoms. The van der Waals surface area contributed by atoms with Crippen LogP contribution in [0.1, 0.15) is 12.1 Å². The van der Waals surface area contributed by atoms with E-state index in [-0.39, 0.29) is 30.2 Å². The Morgan fingerprint density at radius 2 is 2.06 bits per heavy atom. The highest BCUT2D eigenvalue weighted by Crippen LogP contribution is 2.47. The summed E-state index contributed by atoms with van der Waals surface area (Å²) >= 11 is 0. The molecule has 0 spiro atoms. The molecule has 2 amide bonds. The molecule has 1 aliphatic carbocycles. The number of carbonyl (C=O) groups is 2. The van der Waals surface area contributed by atoms with Crippen molar-refractivity contribution in [2.24, 2.45) is 11.8 Å². The lowest BCUT2D eigenvalue weighted by Gasteiger charge is -2.15. The van der Waals surface area contributed by atoms with Crippen LogP contribution in [0.25, 0.3) is 0 Å². The van der Waals surface area contributed by atoms with E-state index in [2.05, 4.69) is 4.98 Å². The second kappa shape index (κ2) is 3.04. The summed E-state index contributed by atoms with van der Waals surface area (Å²) in [6.07, 6.45) is 2.31. The number of hydrogen-bond donors (Lipinski definition) is 1. The summed E-state index contributed by atoms with van der Waals surface area (Å²) in [7, 11) is 0. The van der Waals surface area contributed by atoms with Gasteiger partial charge in [0.15, 0.2) is 0 Å². The maximum absolute atomic E-state index is 11.7. The minimum absolute atomic E-state index is 0.0476. The SMILES string of the molecule is Nc1ccnc(CN2C(=O)C3CC3C2=O)c1. The molecule has 1 saturated heterocycles. The maximum Gasteiger partial charge on any atom is 0.233 e. The lowest BCUT2D eigenvalue weighted by Crippen LogP contribution is -2.32. The quantitative estimate of drug-likeness (QED) is 0.716. The third-order valence-corrected chi connectivity index (χ3v) is 3.12. The van der Waals surface area contributed by atoms with E-state index in [0.29, 0.717) is 11.4 Å². The van der Waals surface area contributed by atoms with E-state index in [1.165, 1.54) is 4.90 Å². The van der Waals surface area contributed by atoms with Crippen molar-refractivity contribution in [1.82, 2.24) is 9.88 Å². The topological polar surface area (TPSA) is 76.3 Å². The number of piperidine rings is 1. The van der Waals surface area contributed by atoms with Gasteiger partial charge in [0.2, 0.25) is 11.8 Å². The summed E-state index contributed by atoms with van der Waals surface area (Å²) in [4.78, 5) is 28.8. The minimum atomic E-state index is -0.0563. The van der Waals surface area contributed by atoms with Crippen LogP contribution in [0.15, 0.2) is 18.3 Å². The molecule has 2 unspecified atom stereocenters. The van der Waals surface area contributed by atoms with E-state index >= 15 is 0 Å². The van der Waals surface area contributed by atoms with Crippen LogP contribution < -0.4 is 5.73 Å². The van der Waals surface area contributed by atoms with Gasteiger partial charge in [0, 0.05) is 11.9 Å². The molecule has 2 N–H and O–H groups in total. The van der Waals surface area contributed by atoms with Gasteiger partial charge in [-0.1, -0.05) is 0 Å². The van der Waals surface area contributed by atoms with Crippen molar-refractivity contribution in [1.29, 1.82) is 0 Å². The Bertz CT molecular complexity index is 466. The number of nitrogens with zero attached hydrogens (tertiary/aromatic N) is 2. The number of likely N-dealkylation sites (tertiary alicyclic amines) is 1. The van der Waals surface area contributed by atoms with Gasteiger partial charge >= 0.3 is 0 Å². The van der Waals surface area contributed by atoms with Gasteiger partial charge in [0.05, 0.1) is 24.1 Å². The Balaban J connectivity index is 1.80. The largest absolute Gasteiger partial charge is 0.399 e. The second-order valence-corrected chi connectivity index (χ2v) is 4.29. The maximum atomic E-state index is 11.7. The van der Waals surface area contributed by atoms with Gasteiger partial charge in [0.1, 0.15) is 0 Å². The smallest absolute Gasteiger partial charge is 0.233 e. The molecule has 1 saturated carbocycles. The third kappa shape index (κ3) is 1.28. The summed E-state index contributed by atoms with van der Waals surface area (Å²) in [5.41, 5.74) is 6.86. The number of amides is 2. The van der Waals surface area contributed by atoms with Gasteiger partial charge in [-0.25, -0.2) is 0 Å². The Hall–Kier alpha value is -1.91. The Kier molecular flexibility index (Phi) is 1.77. The molecule has 1 aliphatic heterocycles. The van der Waals surface area contributed by atoms with E-state index in [4.69, 9.17) is 5.73 Å². The number of nitrogens with two attached hydrogens (primary N) is 1. The molecular formula is C11H11N3O2. The van der Waals surface area contributed by atoms with Crippen LogP contribution >= 0.6 is 0 Å². The number of fused-ring (bicyclic) bond motifs is 1. The highest BCUT2D eigenvalue weighted by atomic mass is 16.2. The molecule has 2 atom stereocenters. The van der Waals surface area contributed by atoms with Crippen LogP contribution in [0, 0.1) is 11.8 Å². The zero-order valence-corrected chi connectivity index (χ0v) is 8.59. The van der Waals surface area contributed by atoms with Crippen molar-refractivity contribution in [2.45, 2.75) is 13.0 Å². The Morgan fingerprint density at radius 1 is 1.38 bits per heavy atom. The summed E-state index contributed by atoms with van der Waals surface area (Å²) in [6.45, 7) is 0.246. The van der Waals surface area contributed by atoms with E-state index in [9.17, 15) is 9.59 Å². The summed E-state index contributed by atoms with van der Waals surface area (Å²) in [6, 6.07) is 3.36. The molecule has 0 bridgehead atoms. The van der Waals surface area contributed by atoms with Crippen LogP contribution in [0.4, 0.5) is 5.69 Å². The molecular weight excluding hydrogens is 206 g/mol. The van der Waals surface area contributed by atoms with Gasteiger partial charge < -0.3 is 5.73 Å². The number of hydrogen-bond acceptors (Lipinski definition) is 4. The normalized spacial score (nSPS) is 27.1. The molecule has 5 nitrogen and oxygen atoms in total. The first-order chi connectivity index (χ1) is 7.66. The summed E-state index contributed by atoms with van der Waals surface area (Å²) < 4.78 is 0. The number of imide groups is 1. The molecule has 1 aromatic rings. The standard InChI is InChI=1S/C11H11N3O2/c12-6-1-2-13-7(3-6)5-14-10(15)8-4-9(8)11(14)16/h1-3,8-9H,4-5H2,(H2,12,13). The summed E-state index contributed by atoms with van der Waals surface area (Å²) in [5.74, 6) is -0.208. The molecule has 2 fully saturated rings. The van der Waals surface area contributed by atoms with Crippen LogP contribution in [0.2, 0.25) is 0 Å². The average molecular weight is 217 g/mol. The Morgan fingerprint density at radius 3 is 2.69 bits per heavy atom. The molecule has 5 heteroatoms. The lowest BCUT2D eigenvalue weighted by atomic mass is 10.3. The van der Waals surface area contributed by atoms with E-state index in [0.717, 1.165) is 6.42 Å². The molecule has 82 valence electrons. The van der Waals surface area contributed by atoms with Crippen LogP contribution in [-0.4, -0.2) is 21.7 Å². The van der Waals surface area contributed by atoms with Crippen molar-refractivity contribution in [2.75, 3.05) is 5.73 Å². The zero-order valence-electron chi connectivity index (χ0n) is 8.59. The van der Waals surface area contributed by atoms with Gasteiger partial charge in [0.25, 0.3) is 0 Å². The highest BCUT2D eigenvalue weighted by molar-refractivity contribution is 6.08. The van der Waals surface area contributed by atoms with Gasteiger partial charge in [-0.05, 0) is 18.6 Å². The molecule has 1 aromatic heterocycles. The monoisotopic (exact) mass is 217 g/mol. The van der Waals surface area contributed by atoms with Crippen molar-refractivity contribution < 1.29 is 9.59 Å². The molecule has 0 radical (unpaired) electrons. The minimum Gasteiger partial charge on any atom is -0.399 e. The fourth-order valence-corrected chi connectivity index (χ4v) is 2.15. The third-order valence-electron chi connectivity index (χ3n) is 3.12. The first-order valence-corrected chi connectivity index (χ1v) is 5.22. The number of carbonyl (C=O) groups excluding carboxylic acids is 2. The van der Waals surface area contributed by atoms with Crippen LogP contribution in [-0.2, 0) is 16.1 Å². The fourth-order valence-electron chi connectivity index (χ4n) is 2.15. The predicted molar refractivity (Wildman–Crippen MR) is 55.8 cm³/mol. The first-order valence-electron chi connectivity index (χ1n) is 5.22. The number of aromatic nitrogens is 1. The van der Waals surface area contributed by atoms with E-state index in [1.807, 2.05) is 0 Å². The zero-order chi connectivity index (χ0) is 11.3. The molecule has 0 aromatic carbocycles. The van der Waals surface area contributed by atoms with E-state index in [1.54, 1.807) is 18.3 Å². The number of nitrogen functional groups attached to an aromatic ring is 1. The molecule has 2 aliphatic rings. The van der Waals surface area contributed by atoms with Crippen molar-refractivity contribution >= 4 is 17.5 Å². The Labute approximate surface area is 92.3 Å². The van der Waals surface area contributed by atoms with Crippen molar-refractivity contribution in [3.8, 4) is 0 Å². The fraction of sp³-hybridized carbons (Fsp3) is 0.364. The number of rotatable bonds is 2. The average Bonchev–Trinajstić information content (AvgIpc) is 2.99. The number of anilines is 1. The van der Waals surface area contributed by atoms with Gasteiger partial charge in [-0.3, -0.25) is 19.5 Å².